The van der Waals surface area contributed by atoms with E-state index in [9.17, 15) is 0 Å². The highest BCUT2D eigenvalue weighted by atomic mass is 28.4. The van der Waals surface area contributed by atoms with Crippen LogP contribution in [0.25, 0.3) is 0 Å². The summed E-state index contributed by atoms with van der Waals surface area (Å²) in [6, 6.07) is 0. The van der Waals surface area contributed by atoms with Crippen molar-refractivity contribution in [3.05, 3.63) is 12.2 Å². The molecule has 0 aliphatic carbocycles. The van der Waals surface area contributed by atoms with Gasteiger partial charge < -0.3 is 4.43 Å². The fraction of sp³-hybridized carbons (Fsp3) is 0.882. The number of allylic oxidation sites excluding steroid dienone is 1. The molecule has 0 spiro atoms. The van der Waals surface area contributed by atoms with Crippen molar-refractivity contribution < 1.29 is 4.43 Å². The maximum absolute atomic E-state index is 6.30. The number of rotatable bonds is 9. The minimum atomic E-state index is -1.61. The third kappa shape index (κ3) is 8.64. The summed E-state index contributed by atoms with van der Waals surface area (Å²) in [6.07, 6.45) is 12.8. The van der Waals surface area contributed by atoms with Gasteiger partial charge in [-0.2, -0.15) is 0 Å². The van der Waals surface area contributed by atoms with Crippen molar-refractivity contribution in [1.82, 2.24) is 0 Å². The first kappa shape index (κ1) is 18.9. The summed E-state index contributed by atoms with van der Waals surface area (Å²) in [5.74, 6) is 0. The topological polar surface area (TPSA) is 9.23 Å². The van der Waals surface area contributed by atoms with Gasteiger partial charge >= 0.3 is 0 Å². The Balaban J connectivity index is 3.88. The molecule has 0 aromatic heterocycles. The van der Waals surface area contributed by atoms with Crippen molar-refractivity contribution in [3.8, 4) is 0 Å². The monoisotopic (exact) mass is 284 g/mol. The molecule has 0 rings (SSSR count). The molecule has 0 aliphatic heterocycles. The van der Waals surface area contributed by atoms with E-state index in [1.165, 1.54) is 38.5 Å². The first-order valence-corrected chi connectivity index (χ1v) is 11.0. The zero-order chi connectivity index (χ0) is 14.9. The summed E-state index contributed by atoms with van der Waals surface area (Å²) in [6.45, 7) is 16.0. The van der Waals surface area contributed by atoms with E-state index in [0.29, 0.717) is 5.04 Å². The maximum atomic E-state index is 6.30. The van der Waals surface area contributed by atoms with E-state index in [1.54, 1.807) is 0 Å². The lowest BCUT2D eigenvalue weighted by molar-refractivity contribution is 0.243. The van der Waals surface area contributed by atoms with Crippen molar-refractivity contribution >= 4 is 8.32 Å². The molecule has 19 heavy (non-hydrogen) atoms. The molecule has 2 heteroatoms. The normalized spacial score (nSPS) is 15.1. The van der Waals surface area contributed by atoms with Crippen LogP contribution < -0.4 is 0 Å². The van der Waals surface area contributed by atoms with Crippen LogP contribution in [0, 0.1) is 0 Å². The highest BCUT2D eigenvalue weighted by Gasteiger charge is 2.37. The lowest BCUT2D eigenvalue weighted by Crippen LogP contribution is -2.42. The summed E-state index contributed by atoms with van der Waals surface area (Å²) in [4.78, 5) is 0. The molecule has 1 nitrogen and oxygen atoms in total. The third-order valence-corrected chi connectivity index (χ3v) is 8.74. The molecule has 0 N–H and O–H groups in total. The highest BCUT2D eigenvalue weighted by Crippen LogP contribution is 2.37. The van der Waals surface area contributed by atoms with Gasteiger partial charge in [-0.05, 0) is 37.9 Å². The van der Waals surface area contributed by atoms with Gasteiger partial charge in [0, 0.05) is 0 Å². The van der Waals surface area contributed by atoms with Crippen LogP contribution in [-0.4, -0.2) is 14.4 Å². The van der Waals surface area contributed by atoms with Crippen LogP contribution in [0.4, 0.5) is 0 Å². The lowest BCUT2D eigenvalue weighted by Gasteiger charge is -2.37. The molecule has 0 amide bonds. The minimum absolute atomic E-state index is 0.261. The van der Waals surface area contributed by atoms with Gasteiger partial charge in [-0.3, -0.25) is 0 Å². The van der Waals surface area contributed by atoms with Crippen molar-refractivity contribution in [2.75, 3.05) is 0 Å². The van der Waals surface area contributed by atoms with Gasteiger partial charge in [-0.25, -0.2) is 0 Å². The van der Waals surface area contributed by atoms with Gasteiger partial charge in [0.05, 0.1) is 6.10 Å². The van der Waals surface area contributed by atoms with Crippen LogP contribution in [-0.2, 0) is 4.43 Å². The quantitative estimate of drug-likeness (QED) is 0.274. The molecule has 0 bridgehead atoms. The summed E-state index contributed by atoms with van der Waals surface area (Å²) in [5.41, 5.74) is 0. The summed E-state index contributed by atoms with van der Waals surface area (Å²) < 4.78 is 6.30. The minimum Gasteiger partial charge on any atom is -0.411 e. The van der Waals surface area contributed by atoms with Gasteiger partial charge in [0.15, 0.2) is 8.32 Å². The van der Waals surface area contributed by atoms with Crippen LogP contribution in [0.15, 0.2) is 12.2 Å². The zero-order valence-electron chi connectivity index (χ0n) is 14.4. The Hall–Kier alpha value is -0.0831. The smallest absolute Gasteiger partial charge is 0.192 e. The predicted molar refractivity (Wildman–Crippen MR) is 90.3 cm³/mol. The lowest BCUT2D eigenvalue weighted by atomic mass is 10.1. The average Bonchev–Trinajstić information content (AvgIpc) is 2.25. The van der Waals surface area contributed by atoms with Crippen molar-refractivity contribution in [2.45, 2.75) is 97.4 Å². The molecule has 0 aliphatic rings. The molecule has 0 radical (unpaired) electrons. The second-order valence-corrected chi connectivity index (χ2v) is 12.0. The first-order valence-electron chi connectivity index (χ1n) is 8.05. The average molecular weight is 285 g/mol. The summed E-state index contributed by atoms with van der Waals surface area (Å²) in [7, 11) is -1.61. The molecule has 1 atom stereocenters. The maximum Gasteiger partial charge on any atom is 0.192 e. The van der Waals surface area contributed by atoms with Crippen LogP contribution >= 0.6 is 0 Å². The fourth-order valence-corrected chi connectivity index (χ4v) is 3.20. The van der Waals surface area contributed by atoms with Gasteiger partial charge in [0.2, 0.25) is 0 Å². The number of hydrogen-bond donors (Lipinski definition) is 0. The van der Waals surface area contributed by atoms with Crippen LogP contribution in [0.2, 0.25) is 18.1 Å². The molecule has 114 valence electrons. The standard InChI is InChI=1S/C17H36OSi/c1-8-9-10-11-12-13-14-15-16(2)18-19(6,7)17(3,4)5/h14-16H,8-13H2,1-7H3/b15-14-/t16-/m1/s1. The van der Waals surface area contributed by atoms with E-state index in [2.05, 4.69) is 59.9 Å². The van der Waals surface area contributed by atoms with Gasteiger partial charge in [-0.1, -0.05) is 65.5 Å². The van der Waals surface area contributed by atoms with Gasteiger partial charge in [0.25, 0.3) is 0 Å². The molecule has 0 saturated heterocycles. The molecule has 0 saturated carbocycles. The second kappa shape index (κ2) is 8.96. The first-order chi connectivity index (χ1) is 8.70. The van der Waals surface area contributed by atoms with Crippen LogP contribution in [0.1, 0.15) is 73.1 Å². The molecule has 0 unspecified atom stereocenters. The van der Waals surface area contributed by atoms with Gasteiger partial charge in [-0.15, -0.1) is 0 Å². The Bertz CT molecular complexity index is 250. The van der Waals surface area contributed by atoms with Crippen LogP contribution in [0.3, 0.4) is 0 Å². The summed E-state index contributed by atoms with van der Waals surface area (Å²) in [5, 5.41) is 0.301. The Morgan fingerprint density at radius 2 is 1.63 bits per heavy atom. The van der Waals surface area contributed by atoms with Crippen molar-refractivity contribution in [3.63, 3.8) is 0 Å². The van der Waals surface area contributed by atoms with E-state index in [0.717, 1.165) is 0 Å². The fourth-order valence-electron chi connectivity index (χ4n) is 1.83. The molecule has 0 aromatic carbocycles. The Kier molecular flexibility index (Phi) is 8.92. The predicted octanol–water partition coefficient (Wildman–Crippen LogP) is 6.31. The SMILES string of the molecule is CCCCCCC/C=C\[C@@H](C)O[Si](C)(C)C(C)(C)C. The van der Waals surface area contributed by atoms with E-state index in [-0.39, 0.29) is 6.10 Å². The van der Waals surface area contributed by atoms with E-state index in [1.807, 2.05) is 0 Å². The summed E-state index contributed by atoms with van der Waals surface area (Å²) >= 11 is 0. The Labute approximate surface area is 123 Å². The van der Waals surface area contributed by atoms with Crippen molar-refractivity contribution in [2.24, 2.45) is 0 Å². The molecular formula is C17H36OSi. The largest absolute Gasteiger partial charge is 0.411 e. The second-order valence-electron chi connectivity index (χ2n) is 7.21. The molecular weight excluding hydrogens is 248 g/mol. The van der Waals surface area contributed by atoms with E-state index < -0.39 is 8.32 Å². The number of unbranched alkanes of at least 4 members (excludes halogenated alkanes) is 5. The van der Waals surface area contributed by atoms with Crippen molar-refractivity contribution in [1.29, 1.82) is 0 Å². The molecule has 0 aromatic rings. The Morgan fingerprint density at radius 1 is 1.05 bits per heavy atom. The highest BCUT2D eigenvalue weighted by molar-refractivity contribution is 6.74. The third-order valence-electron chi connectivity index (χ3n) is 4.17. The van der Waals surface area contributed by atoms with E-state index in [4.69, 9.17) is 4.43 Å². The Morgan fingerprint density at radius 3 is 2.16 bits per heavy atom. The zero-order valence-corrected chi connectivity index (χ0v) is 15.4. The van der Waals surface area contributed by atoms with Gasteiger partial charge in [0.1, 0.15) is 0 Å². The van der Waals surface area contributed by atoms with Crippen LogP contribution in [0.5, 0.6) is 0 Å². The van der Waals surface area contributed by atoms with E-state index >= 15 is 0 Å². The number of hydrogen-bond acceptors (Lipinski definition) is 1. The molecule has 0 heterocycles. The molecule has 0 fully saturated rings.